The molecule has 1 N–H and O–H groups in total. The Kier molecular flexibility index (Phi) is 6.30. The van der Waals surface area contributed by atoms with Gasteiger partial charge in [0, 0.05) is 5.56 Å². The zero-order valence-corrected chi connectivity index (χ0v) is 19.0. The van der Waals surface area contributed by atoms with Crippen LogP contribution in [0.15, 0.2) is 39.8 Å². The van der Waals surface area contributed by atoms with Crippen LogP contribution in [0, 0.1) is 6.92 Å². The lowest BCUT2D eigenvalue weighted by Crippen LogP contribution is -2.13. The lowest BCUT2D eigenvalue weighted by atomic mass is 9.97. The molecule has 12 heteroatoms. The standard InChI is InChI=1S/C22H21F3N2O6S/c1-12-26-21(33-27-12)19-16(22(23,24)25)9-8-15(20(19)34(28,29)30)13-7-10-17(31-2)18(11-13)32-14-5-3-4-6-14/h7-11,14H,3-6H2,1-2H3,(H,28,29,30). The number of methoxy groups -OCH3 is 1. The van der Waals surface area contributed by atoms with Gasteiger partial charge in [-0.15, -0.1) is 0 Å². The van der Waals surface area contributed by atoms with Gasteiger partial charge < -0.3 is 14.0 Å². The molecule has 4 rings (SSSR count). The van der Waals surface area contributed by atoms with Crippen LogP contribution in [-0.4, -0.2) is 36.3 Å². The van der Waals surface area contributed by atoms with E-state index < -0.39 is 38.2 Å². The van der Waals surface area contributed by atoms with Gasteiger partial charge in [0.25, 0.3) is 16.0 Å². The maximum absolute atomic E-state index is 13.8. The Hall–Kier alpha value is -3.12. The second-order valence-electron chi connectivity index (χ2n) is 7.87. The quantitative estimate of drug-likeness (QED) is 0.455. The van der Waals surface area contributed by atoms with Crippen molar-refractivity contribution < 1.29 is 40.1 Å². The summed E-state index contributed by atoms with van der Waals surface area (Å²) in [6, 6.07) is 6.12. The largest absolute Gasteiger partial charge is 0.493 e. The van der Waals surface area contributed by atoms with Gasteiger partial charge in [0.15, 0.2) is 17.3 Å². The van der Waals surface area contributed by atoms with E-state index in [4.69, 9.17) is 14.0 Å². The zero-order valence-electron chi connectivity index (χ0n) is 18.2. The molecular formula is C22H21F3N2O6S. The molecule has 1 heterocycles. The van der Waals surface area contributed by atoms with E-state index in [0.717, 1.165) is 31.7 Å². The molecule has 3 aromatic rings. The Morgan fingerprint density at radius 2 is 1.82 bits per heavy atom. The van der Waals surface area contributed by atoms with Gasteiger partial charge in [-0.25, -0.2) is 0 Å². The van der Waals surface area contributed by atoms with Gasteiger partial charge in [0.05, 0.1) is 24.3 Å². The van der Waals surface area contributed by atoms with Crippen LogP contribution in [0.1, 0.15) is 37.1 Å². The zero-order chi connectivity index (χ0) is 24.7. The van der Waals surface area contributed by atoms with Crippen LogP contribution in [-0.2, 0) is 16.3 Å². The fraction of sp³-hybridized carbons (Fsp3) is 0.364. The minimum absolute atomic E-state index is 0.00786. The molecule has 2 aromatic carbocycles. The first kappa shape index (κ1) is 24.0. The maximum atomic E-state index is 13.8. The number of alkyl halides is 3. The van der Waals surface area contributed by atoms with E-state index in [9.17, 15) is 26.1 Å². The van der Waals surface area contributed by atoms with Crippen molar-refractivity contribution in [1.29, 1.82) is 0 Å². The van der Waals surface area contributed by atoms with Crippen molar-refractivity contribution in [3.05, 3.63) is 41.7 Å². The average Bonchev–Trinajstić information content (AvgIpc) is 3.43. The van der Waals surface area contributed by atoms with Gasteiger partial charge in [0.1, 0.15) is 4.90 Å². The molecule has 0 spiro atoms. The molecule has 0 atom stereocenters. The number of rotatable bonds is 6. The second kappa shape index (κ2) is 8.91. The van der Waals surface area contributed by atoms with Gasteiger partial charge >= 0.3 is 6.18 Å². The van der Waals surface area contributed by atoms with Crippen LogP contribution in [0.5, 0.6) is 11.5 Å². The lowest BCUT2D eigenvalue weighted by molar-refractivity contribution is -0.137. The van der Waals surface area contributed by atoms with Crippen LogP contribution in [0.4, 0.5) is 13.2 Å². The third-order valence-corrected chi connectivity index (χ3v) is 6.47. The highest BCUT2D eigenvalue weighted by molar-refractivity contribution is 7.86. The Labute approximate surface area is 193 Å². The van der Waals surface area contributed by atoms with Gasteiger partial charge in [0.2, 0.25) is 0 Å². The number of hydrogen-bond donors (Lipinski definition) is 1. The summed E-state index contributed by atoms with van der Waals surface area (Å²) >= 11 is 0. The average molecular weight is 498 g/mol. The summed E-state index contributed by atoms with van der Waals surface area (Å²) in [5.41, 5.74) is -2.28. The molecule has 0 aliphatic heterocycles. The molecule has 0 saturated heterocycles. The van der Waals surface area contributed by atoms with Crippen LogP contribution in [0.2, 0.25) is 0 Å². The van der Waals surface area contributed by atoms with Crippen molar-refractivity contribution in [1.82, 2.24) is 10.1 Å². The number of nitrogens with zero attached hydrogens (tertiary/aromatic N) is 2. The second-order valence-corrected chi connectivity index (χ2v) is 9.23. The molecule has 0 radical (unpaired) electrons. The van der Waals surface area contributed by atoms with Crippen molar-refractivity contribution in [2.75, 3.05) is 7.11 Å². The van der Waals surface area contributed by atoms with Crippen molar-refractivity contribution >= 4 is 10.1 Å². The third kappa shape index (κ3) is 4.73. The highest BCUT2D eigenvalue weighted by Crippen LogP contribution is 2.45. The van der Waals surface area contributed by atoms with Gasteiger partial charge in [-0.1, -0.05) is 17.3 Å². The predicted molar refractivity (Wildman–Crippen MR) is 114 cm³/mol. The fourth-order valence-electron chi connectivity index (χ4n) is 4.05. The Balaban J connectivity index is 1.97. The lowest BCUT2D eigenvalue weighted by Gasteiger charge is -2.19. The maximum Gasteiger partial charge on any atom is 0.417 e. The van der Waals surface area contributed by atoms with Crippen LogP contribution < -0.4 is 9.47 Å². The van der Waals surface area contributed by atoms with Gasteiger partial charge in [-0.3, -0.25) is 4.55 Å². The number of halogens is 3. The molecule has 34 heavy (non-hydrogen) atoms. The summed E-state index contributed by atoms with van der Waals surface area (Å²) in [5.74, 6) is -0.00580. The molecule has 182 valence electrons. The van der Waals surface area contributed by atoms with E-state index >= 15 is 0 Å². The number of hydrogen-bond acceptors (Lipinski definition) is 7. The van der Waals surface area contributed by atoms with Crippen molar-refractivity contribution in [3.8, 4) is 34.1 Å². The summed E-state index contributed by atoms with van der Waals surface area (Å²) in [5, 5.41) is 3.47. The Morgan fingerprint density at radius 3 is 2.38 bits per heavy atom. The summed E-state index contributed by atoms with van der Waals surface area (Å²) in [7, 11) is -3.75. The number of aromatic nitrogens is 2. The molecular weight excluding hydrogens is 477 g/mol. The van der Waals surface area contributed by atoms with E-state index in [1.165, 1.54) is 32.2 Å². The molecule has 0 amide bonds. The number of aryl methyl sites for hydroxylation is 1. The van der Waals surface area contributed by atoms with Crippen LogP contribution in [0.25, 0.3) is 22.6 Å². The van der Waals surface area contributed by atoms with Gasteiger partial charge in [-0.2, -0.15) is 26.6 Å². The molecule has 0 bridgehead atoms. The van der Waals surface area contributed by atoms with Crippen LogP contribution in [0.3, 0.4) is 0 Å². The summed E-state index contributed by atoms with van der Waals surface area (Å²) in [6.07, 6.45) is -1.34. The first-order valence-electron chi connectivity index (χ1n) is 10.4. The SMILES string of the molecule is COc1ccc(-c2ccc(C(F)(F)F)c(-c3nc(C)no3)c2S(=O)(=O)O)cc1OC1CCCC1. The molecule has 1 saturated carbocycles. The molecule has 8 nitrogen and oxygen atoms in total. The first-order valence-corrected chi connectivity index (χ1v) is 11.8. The van der Waals surface area contributed by atoms with E-state index in [-0.39, 0.29) is 23.1 Å². The van der Waals surface area contributed by atoms with E-state index in [2.05, 4.69) is 10.1 Å². The topological polar surface area (TPSA) is 112 Å². The smallest absolute Gasteiger partial charge is 0.417 e. The van der Waals surface area contributed by atoms with Crippen molar-refractivity contribution in [2.24, 2.45) is 0 Å². The Morgan fingerprint density at radius 1 is 1.12 bits per heavy atom. The van der Waals surface area contributed by atoms with Crippen molar-refractivity contribution in [3.63, 3.8) is 0 Å². The highest BCUT2D eigenvalue weighted by atomic mass is 32.2. The highest BCUT2D eigenvalue weighted by Gasteiger charge is 2.40. The van der Waals surface area contributed by atoms with Crippen LogP contribution >= 0.6 is 0 Å². The number of benzene rings is 2. The molecule has 1 aliphatic rings. The molecule has 1 aromatic heterocycles. The molecule has 0 unspecified atom stereocenters. The van der Waals surface area contributed by atoms with Gasteiger partial charge in [-0.05, 0) is 56.4 Å². The molecule has 1 fully saturated rings. The third-order valence-electron chi connectivity index (χ3n) is 5.53. The molecule has 1 aliphatic carbocycles. The first-order chi connectivity index (χ1) is 16.0. The summed E-state index contributed by atoms with van der Waals surface area (Å²) < 4.78 is 92.6. The Bertz CT molecular complexity index is 1310. The predicted octanol–water partition coefficient (Wildman–Crippen LogP) is 5.31. The normalized spacial score (nSPS) is 15.0. The van der Waals surface area contributed by atoms with E-state index in [1.807, 2.05) is 0 Å². The minimum atomic E-state index is -5.18. The van der Waals surface area contributed by atoms with Crippen molar-refractivity contribution in [2.45, 2.75) is 49.8 Å². The fourth-order valence-corrected chi connectivity index (χ4v) is 4.97. The van der Waals surface area contributed by atoms with E-state index in [0.29, 0.717) is 17.6 Å². The summed E-state index contributed by atoms with van der Waals surface area (Å²) in [4.78, 5) is 2.78. The summed E-state index contributed by atoms with van der Waals surface area (Å²) in [6.45, 7) is 1.37. The van der Waals surface area contributed by atoms with E-state index in [1.54, 1.807) is 0 Å². The minimum Gasteiger partial charge on any atom is -0.493 e. The monoisotopic (exact) mass is 498 g/mol. The number of ether oxygens (including phenoxy) is 2.